The highest BCUT2D eigenvalue weighted by Crippen LogP contribution is 2.37. The number of non-ortho nitro benzene ring substituents is 1. The molecule has 0 N–H and O–H groups in total. The van der Waals surface area contributed by atoms with Gasteiger partial charge >= 0.3 is 0 Å². The standard InChI is InChI=1S/C20H11BrN2O5S/c21-16-10-13(23(26)27)6-8-15(16)17-9-7-14(28-17)11-18-19(24)22(20(25)29-18)12-4-2-1-3-5-12/h1-11H/b18-11+. The minimum absolute atomic E-state index is 0.0398. The van der Waals surface area contributed by atoms with Gasteiger partial charge in [0.25, 0.3) is 16.8 Å². The van der Waals surface area contributed by atoms with Crippen LogP contribution in [0, 0.1) is 10.1 Å². The largest absolute Gasteiger partial charge is 0.457 e. The van der Waals surface area contributed by atoms with E-state index in [1.54, 1.807) is 48.5 Å². The number of furan rings is 1. The molecule has 3 aromatic rings. The van der Waals surface area contributed by atoms with Crippen LogP contribution in [0.2, 0.25) is 0 Å². The third kappa shape index (κ3) is 3.74. The summed E-state index contributed by atoms with van der Waals surface area (Å²) in [5.74, 6) is 0.449. The number of nitro benzene ring substituents is 1. The zero-order chi connectivity index (χ0) is 20.5. The van der Waals surface area contributed by atoms with Gasteiger partial charge in [-0.1, -0.05) is 18.2 Å². The molecule has 0 bridgehead atoms. The van der Waals surface area contributed by atoms with E-state index in [1.165, 1.54) is 18.2 Å². The Balaban J connectivity index is 1.61. The maximum absolute atomic E-state index is 12.7. The number of para-hydroxylation sites is 1. The molecule has 9 heteroatoms. The zero-order valence-electron chi connectivity index (χ0n) is 14.6. The number of thioether (sulfide) groups is 1. The van der Waals surface area contributed by atoms with E-state index in [-0.39, 0.29) is 15.8 Å². The lowest BCUT2D eigenvalue weighted by atomic mass is 10.1. The molecule has 1 aliphatic heterocycles. The fourth-order valence-corrected chi connectivity index (χ4v) is 4.17. The van der Waals surface area contributed by atoms with Crippen molar-refractivity contribution in [3.05, 3.63) is 85.9 Å². The van der Waals surface area contributed by atoms with Crippen molar-refractivity contribution in [3.8, 4) is 11.3 Å². The third-order valence-electron chi connectivity index (χ3n) is 4.14. The molecule has 29 heavy (non-hydrogen) atoms. The third-order valence-corrected chi connectivity index (χ3v) is 5.66. The van der Waals surface area contributed by atoms with E-state index >= 15 is 0 Å². The van der Waals surface area contributed by atoms with Crippen LogP contribution in [0.25, 0.3) is 17.4 Å². The molecule has 2 aromatic carbocycles. The van der Waals surface area contributed by atoms with Gasteiger partial charge in [0.15, 0.2) is 0 Å². The summed E-state index contributed by atoms with van der Waals surface area (Å²) in [6, 6.07) is 16.4. The SMILES string of the molecule is O=C1S/C(=C/c2ccc(-c3ccc([N+](=O)[O-])cc3Br)o2)C(=O)N1c1ccccc1. The van der Waals surface area contributed by atoms with E-state index in [0.29, 0.717) is 27.2 Å². The highest BCUT2D eigenvalue weighted by molar-refractivity contribution is 9.10. The number of carbonyl (C=O) groups excluding carboxylic acids is 2. The number of halogens is 1. The fraction of sp³-hybridized carbons (Fsp3) is 0. The molecule has 144 valence electrons. The first-order valence-corrected chi connectivity index (χ1v) is 9.92. The average molecular weight is 471 g/mol. The van der Waals surface area contributed by atoms with Gasteiger partial charge in [0.2, 0.25) is 0 Å². The molecule has 0 unspecified atom stereocenters. The zero-order valence-corrected chi connectivity index (χ0v) is 17.0. The molecular weight excluding hydrogens is 460 g/mol. The molecule has 0 spiro atoms. The van der Waals surface area contributed by atoms with Crippen LogP contribution in [0.15, 0.2) is 74.5 Å². The first kappa shape index (κ1) is 19.2. The number of rotatable bonds is 4. The highest BCUT2D eigenvalue weighted by Gasteiger charge is 2.36. The molecule has 0 radical (unpaired) electrons. The van der Waals surface area contributed by atoms with Crippen molar-refractivity contribution in [2.24, 2.45) is 0 Å². The van der Waals surface area contributed by atoms with Crippen molar-refractivity contribution in [1.29, 1.82) is 0 Å². The second kappa shape index (κ2) is 7.69. The van der Waals surface area contributed by atoms with Gasteiger partial charge in [-0.25, -0.2) is 4.90 Å². The highest BCUT2D eigenvalue weighted by atomic mass is 79.9. The van der Waals surface area contributed by atoms with E-state index < -0.39 is 10.8 Å². The maximum Gasteiger partial charge on any atom is 0.298 e. The van der Waals surface area contributed by atoms with Crippen molar-refractivity contribution in [3.63, 3.8) is 0 Å². The molecule has 1 aromatic heterocycles. The van der Waals surface area contributed by atoms with Crippen LogP contribution in [0.3, 0.4) is 0 Å². The average Bonchev–Trinajstić information content (AvgIpc) is 3.27. The van der Waals surface area contributed by atoms with Gasteiger partial charge in [0, 0.05) is 28.2 Å². The Morgan fingerprint density at radius 2 is 1.83 bits per heavy atom. The summed E-state index contributed by atoms with van der Waals surface area (Å²) in [6.07, 6.45) is 1.51. The summed E-state index contributed by atoms with van der Waals surface area (Å²) in [6.45, 7) is 0. The van der Waals surface area contributed by atoms with Crippen molar-refractivity contribution in [1.82, 2.24) is 0 Å². The number of hydrogen-bond acceptors (Lipinski definition) is 6. The number of nitro groups is 1. The monoisotopic (exact) mass is 470 g/mol. The molecule has 0 saturated carbocycles. The topological polar surface area (TPSA) is 93.7 Å². The summed E-state index contributed by atoms with van der Waals surface area (Å²) in [4.78, 5) is 36.7. The Morgan fingerprint density at radius 3 is 2.52 bits per heavy atom. The molecule has 1 aliphatic rings. The van der Waals surface area contributed by atoms with Crippen molar-refractivity contribution in [2.45, 2.75) is 0 Å². The Kier molecular flexibility index (Phi) is 5.08. The second-order valence-electron chi connectivity index (χ2n) is 5.98. The minimum atomic E-state index is -0.481. The molecule has 1 fully saturated rings. The van der Waals surface area contributed by atoms with Crippen LogP contribution in [0.5, 0.6) is 0 Å². The smallest absolute Gasteiger partial charge is 0.298 e. The predicted octanol–water partition coefficient (Wildman–Crippen LogP) is 5.86. The molecule has 2 heterocycles. The van der Waals surface area contributed by atoms with Gasteiger partial charge in [-0.3, -0.25) is 19.7 Å². The van der Waals surface area contributed by atoms with Gasteiger partial charge < -0.3 is 4.42 Å². The first-order chi connectivity index (χ1) is 13.9. The Labute approximate surface area is 177 Å². The van der Waals surface area contributed by atoms with Gasteiger partial charge in [0.05, 0.1) is 15.5 Å². The van der Waals surface area contributed by atoms with Gasteiger partial charge in [0.1, 0.15) is 11.5 Å². The molecule has 2 amide bonds. The molecule has 7 nitrogen and oxygen atoms in total. The molecule has 1 saturated heterocycles. The summed E-state index contributed by atoms with van der Waals surface area (Å²) in [5.41, 5.74) is 1.10. The number of nitrogens with zero attached hydrogens (tertiary/aromatic N) is 2. The van der Waals surface area contributed by atoms with Crippen LogP contribution in [0.4, 0.5) is 16.2 Å². The van der Waals surface area contributed by atoms with E-state index in [9.17, 15) is 19.7 Å². The molecule has 0 aliphatic carbocycles. The lowest BCUT2D eigenvalue weighted by Crippen LogP contribution is -2.27. The minimum Gasteiger partial charge on any atom is -0.457 e. The molecular formula is C20H11BrN2O5S. The van der Waals surface area contributed by atoms with Crippen LogP contribution in [-0.4, -0.2) is 16.1 Å². The summed E-state index contributed by atoms with van der Waals surface area (Å²) in [7, 11) is 0. The summed E-state index contributed by atoms with van der Waals surface area (Å²) in [5, 5.41) is 10.5. The predicted molar refractivity (Wildman–Crippen MR) is 113 cm³/mol. The number of imide groups is 1. The maximum atomic E-state index is 12.7. The lowest BCUT2D eigenvalue weighted by molar-refractivity contribution is -0.384. The number of carbonyl (C=O) groups is 2. The van der Waals surface area contributed by atoms with Gasteiger partial charge in [-0.15, -0.1) is 0 Å². The lowest BCUT2D eigenvalue weighted by Gasteiger charge is -2.11. The van der Waals surface area contributed by atoms with Crippen molar-refractivity contribution >= 4 is 56.3 Å². The van der Waals surface area contributed by atoms with E-state index in [4.69, 9.17) is 4.42 Å². The normalized spacial score (nSPS) is 15.3. The van der Waals surface area contributed by atoms with E-state index in [1.807, 2.05) is 0 Å². The Bertz CT molecular complexity index is 1170. The van der Waals surface area contributed by atoms with Crippen LogP contribution < -0.4 is 4.90 Å². The van der Waals surface area contributed by atoms with Crippen LogP contribution >= 0.6 is 27.7 Å². The number of hydrogen-bond donors (Lipinski definition) is 0. The number of anilines is 1. The van der Waals surface area contributed by atoms with Crippen molar-refractivity contribution < 1.29 is 18.9 Å². The van der Waals surface area contributed by atoms with E-state index in [0.717, 1.165) is 16.7 Å². The van der Waals surface area contributed by atoms with Gasteiger partial charge in [-0.05, 0) is 58.0 Å². The Morgan fingerprint density at radius 1 is 1.07 bits per heavy atom. The molecule has 0 atom stereocenters. The van der Waals surface area contributed by atoms with Crippen LogP contribution in [0.1, 0.15) is 5.76 Å². The first-order valence-electron chi connectivity index (χ1n) is 8.31. The quantitative estimate of drug-likeness (QED) is 0.269. The number of benzene rings is 2. The molecule has 4 rings (SSSR count). The van der Waals surface area contributed by atoms with E-state index in [2.05, 4.69) is 15.9 Å². The second-order valence-corrected chi connectivity index (χ2v) is 7.82. The van der Waals surface area contributed by atoms with Gasteiger partial charge in [-0.2, -0.15) is 0 Å². The summed E-state index contributed by atoms with van der Waals surface area (Å²) < 4.78 is 6.28. The summed E-state index contributed by atoms with van der Waals surface area (Å²) >= 11 is 4.15. The fourth-order valence-electron chi connectivity index (χ4n) is 2.79. The van der Waals surface area contributed by atoms with Crippen LogP contribution in [-0.2, 0) is 4.79 Å². The number of amides is 2. The van der Waals surface area contributed by atoms with Crippen molar-refractivity contribution in [2.75, 3.05) is 4.90 Å². The Hall–Kier alpha value is -3.17.